The molecule has 2 aromatic rings. The molecule has 0 aliphatic carbocycles. The number of thiophene rings is 1. The van der Waals surface area contributed by atoms with Gasteiger partial charge in [-0.2, -0.15) is 0 Å². The Bertz CT molecular complexity index is 786. The van der Waals surface area contributed by atoms with Gasteiger partial charge in [-0.3, -0.25) is 9.78 Å². The number of amides is 1. The third kappa shape index (κ3) is 4.21. The van der Waals surface area contributed by atoms with Gasteiger partial charge in [0, 0.05) is 18.0 Å². The van der Waals surface area contributed by atoms with Crippen molar-refractivity contribution in [3.63, 3.8) is 0 Å². The van der Waals surface area contributed by atoms with E-state index in [0.29, 0.717) is 17.5 Å². The van der Waals surface area contributed by atoms with E-state index in [2.05, 4.69) is 10.3 Å². The van der Waals surface area contributed by atoms with Crippen LogP contribution in [-0.4, -0.2) is 36.5 Å². The van der Waals surface area contributed by atoms with E-state index in [1.165, 1.54) is 19.5 Å². The van der Waals surface area contributed by atoms with Crippen LogP contribution in [0.4, 0.5) is 5.00 Å². The molecule has 1 amide bonds. The zero-order chi connectivity index (χ0) is 18.4. The summed E-state index contributed by atoms with van der Waals surface area (Å²) in [7, 11) is 1.26. The fraction of sp³-hybridized carbons (Fsp3) is 0.294. The predicted molar refractivity (Wildman–Crippen MR) is 93.2 cm³/mol. The van der Waals surface area contributed by atoms with Crippen LogP contribution >= 0.6 is 11.3 Å². The zero-order valence-corrected chi connectivity index (χ0v) is 14.9. The molecule has 132 valence electrons. The van der Waals surface area contributed by atoms with E-state index in [-0.39, 0.29) is 22.0 Å². The maximum atomic E-state index is 12.4. The Morgan fingerprint density at radius 1 is 1.20 bits per heavy atom. The topological polar surface area (TPSA) is 94.6 Å². The first-order valence-corrected chi connectivity index (χ1v) is 8.41. The molecule has 0 aliphatic heterocycles. The number of hydrogen-bond acceptors (Lipinski definition) is 7. The molecular weight excluding hydrogens is 344 g/mol. The molecule has 8 heteroatoms. The van der Waals surface area contributed by atoms with Gasteiger partial charge >= 0.3 is 11.9 Å². The van der Waals surface area contributed by atoms with Crippen LogP contribution in [0, 0.1) is 6.92 Å². The summed E-state index contributed by atoms with van der Waals surface area (Å²) in [5, 5.41) is 2.92. The van der Waals surface area contributed by atoms with Crippen molar-refractivity contribution in [3.8, 4) is 0 Å². The third-order valence-corrected chi connectivity index (χ3v) is 4.52. The minimum Gasteiger partial charge on any atom is -0.465 e. The number of aromatic nitrogens is 1. The van der Waals surface area contributed by atoms with Gasteiger partial charge < -0.3 is 14.8 Å². The zero-order valence-electron chi connectivity index (χ0n) is 14.1. The molecular formula is C17H18N2O5S. The standard InChI is InChI=1S/C17H18N2O5S/c1-4-9-24-16(21)12-10(2)13(17(22)23-3)25-15(12)19-14(20)11-5-7-18-8-6-11/h5-8H,4,9H2,1-3H3,(H,19,20). The average Bonchev–Trinajstić information content (AvgIpc) is 2.95. The molecule has 0 unspecified atom stereocenters. The highest BCUT2D eigenvalue weighted by Gasteiger charge is 2.27. The minimum absolute atomic E-state index is 0.168. The summed E-state index contributed by atoms with van der Waals surface area (Å²) in [6.45, 7) is 3.74. The lowest BCUT2D eigenvalue weighted by Crippen LogP contribution is -2.15. The van der Waals surface area contributed by atoms with E-state index >= 15 is 0 Å². The highest BCUT2D eigenvalue weighted by atomic mass is 32.1. The Balaban J connectivity index is 2.39. The lowest BCUT2D eigenvalue weighted by Gasteiger charge is -2.07. The number of pyridine rings is 1. The van der Waals surface area contributed by atoms with Gasteiger partial charge in [-0.1, -0.05) is 6.92 Å². The lowest BCUT2D eigenvalue weighted by molar-refractivity contribution is 0.0506. The van der Waals surface area contributed by atoms with Crippen molar-refractivity contribution in [2.75, 3.05) is 19.0 Å². The van der Waals surface area contributed by atoms with Crippen molar-refractivity contribution in [3.05, 3.63) is 46.1 Å². The molecule has 0 saturated heterocycles. The molecule has 0 atom stereocenters. The van der Waals surface area contributed by atoms with Crippen LogP contribution in [0.2, 0.25) is 0 Å². The van der Waals surface area contributed by atoms with Crippen LogP contribution in [0.5, 0.6) is 0 Å². The number of nitrogens with one attached hydrogen (secondary N) is 1. The number of esters is 2. The summed E-state index contributed by atoms with van der Waals surface area (Å²) in [6.07, 6.45) is 3.65. The van der Waals surface area contributed by atoms with Gasteiger partial charge in [0.15, 0.2) is 0 Å². The van der Waals surface area contributed by atoms with Crippen molar-refractivity contribution < 1.29 is 23.9 Å². The van der Waals surface area contributed by atoms with Gasteiger partial charge in [0.05, 0.1) is 19.3 Å². The van der Waals surface area contributed by atoms with Crippen LogP contribution < -0.4 is 5.32 Å². The largest absolute Gasteiger partial charge is 0.465 e. The Kier molecular flexibility index (Phi) is 6.24. The van der Waals surface area contributed by atoms with Crippen molar-refractivity contribution in [2.45, 2.75) is 20.3 Å². The van der Waals surface area contributed by atoms with Crippen LogP contribution in [0.15, 0.2) is 24.5 Å². The van der Waals surface area contributed by atoms with Gasteiger partial charge in [0.25, 0.3) is 5.91 Å². The molecule has 0 spiro atoms. The van der Waals surface area contributed by atoms with Crippen LogP contribution in [-0.2, 0) is 9.47 Å². The quantitative estimate of drug-likeness (QED) is 0.794. The minimum atomic E-state index is -0.587. The summed E-state index contributed by atoms with van der Waals surface area (Å²) in [5.74, 6) is -1.57. The van der Waals surface area contributed by atoms with Gasteiger partial charge in [-0.25, -0.2) is 9.59 Å². The van der Waals surface area contributed by atoms with Gasteiger partial charge in [0.2, 0.25) is 0 Å². The summed E-state index contributed by atoms with van der Waals surface area (Å²) in [6, 6.07) is 3.10. The number of hydrogen-bond donors (Lipinski definition) is 1. The molecule has 1 N–H and O–H groups in total. The highest BCUT2D eigenvalue weighted by molar-refractivity contribution is 7.18. The Labute approximate surface area is 149 Å². The maximum absolute atomic E-state index is 12.4. The van der Waals surface area contributed by atoms with Gasteiger partial charge in [0.1, 0.15) is 9.88 Å². The molecule has 25 heavy (non-hydrogen) atoms. The second-order valence-corrected chi connectivity index (χ2v) is 6.10. The van der Waals surface area contributed by atoms with Crippen LogP contribution in [0.1, 0.15) is 49.3 Å². The molecule has 0 bridgehead atoms. The summed E-state index contributed by atoms with van der Waals surface area (Å²) < 4.78 is 9.90. The summed E-state index contributed by atoms with van der Waals surface area (Å²) in [5.41, 5.74) is 0.970. The van der Waals surface area contributed by atoms with Crippen LogP contribution in [0.25, 0.3) is 0 Å². The third-order valence-electron chi connectivity index (χ3n) is 3.33. The molecule has 0 aromatic carbocycles. The molecule has 0 fully saturated rings. The normalized spacial score (nSPS) is 10.2. The number of carbonyl (C=O) groups excluding carboxylic acids is 3. The van der Waals surface area contributed by atoms with Crippen molar-refractivity contribution >= 4 is 34.2 Å². The lowest BCUT2D eigenvalue weighted by atomic mass is 10.1. The van der Waals surface area contributed by atoms with Crippen molar-refractivity contribution in [2.24, 2.45) is 0 Å². The number of carbonyl (C=O) groups is 3. The fourth-order valence-corrected chi connectivity index (χ4v) is 3.19. The maximum Gasteiger partial charge on any atom is 0.348 e. The average molecular weight is 362 g/mol. The first-order chi connectivity index (χ1) is 12.0. The number of anilines is 1. The molecule has 7 nitrogen and oxygen atoms in total. The predicted octanol–water partition coefficient (Wildman–Crippen LogP) is 3.06. The molecule has 2 heterocycles. The fourth-order valence-electron chi connectivity index (χ4n) is 2.08. The Hall–Kier alpha value is -2.74. The first-order valence-electron chi connectivity index (χ1n) is 7.59. The monoisotopic (exact) mass is 362 g/mol. The number of ether oxygens (including phenoxy) is 2. The van der Waals surface area contributed by atoms with Gasteiger partial charge in [-0.05, 0) is 31.0 Å². The van der Waals surface area contributed by atoms with Gasteiger partial charge in [-0.15, -0.1) is 11.3 Å². The summed E-state index contributed by atoms with van der Waals surface area (Å²) >= 11 is 0.981. The summed E-state index contributed by atoms with van der Waals surface area (Å²) in [4.78, 5) is 40.7. The SMILES string of the molecule is CCCOC(=O)c1c(NC(=O)c2ccncc2)sc(C(=O)OC)c1C. The van der Waals surface area contributed by atoms with E-state index in [0.717, 1.165) is 11.3 Å². The van der Waals surface area contributed by atoms with Crippen molar-refractivity contribution in [1.82, 2.24) is 4.98 Å². The molecule has 0 saturated carbocycles. The number of methoxy groups -OCH3 is 1. The van der Waals surface area contributed by atoms with E-state index in [9.17, 15) is 14.4 Å². The second kappa shape index (κ2) is 8.39. The van der Waals surface area contributed by atoms with Crippen molar-refractivity contribution in [1.29, 1.82) is 0 Å². The molecule has 2 rings (SSSR count). The number of nitrogens with zero attached hydrogens (tertiary/aromatic N) is 1. The van der Waals surface area contributed by atoms with E-state index in [1.807, 2.05) is 6.92 Å². The second-order valence-electron chi connectivity index (χ2n) is 5.08. The molecule has 2 aromatic heterocycles. The first kappa shape index (κ1) is 18.6. The Morgan fingerprint density at radius 2 is 1.88 bits per heavy atom. The smallest absolute Gasteiger partial charge is 0.348 e. The van der Waals surface area contributed by atoms with Crippen LogP contribution in [0.3, 0.4) is 0 Å². The van der Waals surface area contributed by atoms with E-state index in [1.54, 1.807) is 19.1 Å². The Morgan fingerprint density at radius 3 is 2.48 bits per heavy atom. The number of rotatable bonds is 6. The van der Waals surface area contributed by atoms with E-state index in [4.69, 9.17) is 9.47 Å². The molecule has 0 radical (unpaired) electrons. The molecule has 0 aliphatic rings. The highest BCUT2D eigenvalue weighted by Crippen LogP contribution is 2.34. The van der Waals surface area contributed by atoms with E-state index < -0.39 is 17.8 Å².